The van der Waals surface area contributed by atoms with Gasteiger partial charge in [-0.3, -0.25) is 43.5 Å². The van der Waals surface area contributed by atoms with Crippen molar-refractivity contribution in [2.45, 2.75) is 82.0 Å². The number of aromatic nitrogens is 2. The summed E-state index contributed by atoms with van der Waals surface area (Å²) in [5.74, 6) is -7.71. The minimum absolute atomic E-state index is 0.0369. The van der Waals surface area contributed by atoms with E-state index >= 15 is 0 Å². The number of carboxylic acids is 6. The molecule has 0 fully saturated rings. The molecule has 64 heavy (non-hydrogen) atoms. The molecule has 2 heterocycles. The number of rotatable bonds is 20. The Kier molecular flexibility index (Phi) is 38.7. The van der Waals surface area contributed by atoms with Gasteiger partial charge in [-0.2, -0.15) is 25.3 Å². The van der Waals surface area contributed by atoms with Crippen molar-refractivity contribution < 1.29 is 78.9 Å². The molecule has 0 aliphatic rings. The smallest absolute Gasteiger partial charge is 0.322 e. The maximum Gasteiger partial charge on any atom is 0.322 e. The first kappa shape index (κ1) is 65.1. The van der Waals surface area contributed by atoms with Gasteiger partial charge in [0.15, 0.2) is 5.78 Å². The van der Waals surface area contributed by atoms with Gasteiger partial charge in [-0.05, 0) is 30.7 Å². The zero-order valence-electron chi connectivity index (χ0n) is 35.1. The summed E-state index contributed by atoms with van der Waals surface area (Å²) in [6, 6.07) is 6.66. The Labute approximate surface area is 384 Å². The fraction of sp³-hybridized carbons (Fsp3) is 0.472. The number of Topliss-reactive ketones (excluding diaryl/α,β-unsaturated/α-hetero) is 1. The van der Waals surface area contributed by atoms with Crippen molar-refractivity contribution in [3.05, 3.63) is 48.8 Å². The van der Waals surface area contributed by atoms with E-state index in [2.05, 4.69) is 63.6 Å². The van der Waals surface area contributed by atoms with Gasteiger partial charge in [0, 0.05) is 43.7 Å². The van der Waals surface area contributed by atoms with Gasteiger partial charge in [-0.15, -0.1) is 0 Å². The number of ketones is 1. The second-order valence-corrected chi connectivity index (χ2v) is 13.8. The van der Waals surface area contributed by atoms with Gasteiger partial charge < -0.3 is 58.5 Å². The van der Waals surface area contributed by atoms with Crippen molar-refractivity contribution in [1.29, 1.82) is 0 Å². The number of aliphatic carboxylic acids is 6. The molecule has 0 radical (unpaired) electrons. The molecular weight excluding hydrogens is 907 g/mol. The number of aliphatic hydroxyl groups is 1. The molecule has 5 atom stereocenters. The average molecular weight is 965 g/mol. The van der Waals surface area contributed by atoms with E-state index in [0.29, 0.717) is 0 Å². The molecule has 5 unspecified atom stereocenters. The molecular formula is C36H57BN8O16S3. The second-order valence-electron chi connectivity index (χ2n) is 12.8. The Morgan fingerprint density at radius 3 is 1.39 bits per heavy atom. The van der Waals surface area contributed by atoms with Crippen LogP contribution < -0.4 is 33.6 Å². The van der Waals surface area contributed by atoms with Crippen molar-refractivity contribution in [3.8, 4) is 11.4 Å². The van der Waals surface area contributed by atoms with Crippen LogP contribution in [0.3, 0.4) is 0 Å². The summed E-state index contributed by atoms with van der Waals surface area (Å²) in [6.07, 6.45) is 4.21. The van der Waals surface area contributed by atoms with Gasteiger partial charge in [0.2, 0.25) is 11.8 Å². The monoisotopic (exact) mass is 964 g/mol. The summed E-state index contributed by atoms with van der Waals surface area (Å²) in [4.78, 5) is 102. The number of nitrogens with one attached hydrogen (secondary N) is 2. The number of hydrogen-bond donors (Lipinski definition) is 15. The quantitative estimate of drug-likeness (QED) is 0.0531. The largest absolute Gasteiger partial charge is 0.481 e. The first-order valence-electron chi connectivity index (χ1n) is 18.2. The van der Waals surface area contributed by atoms with E-state index in [1.165, 1.54) is 13.1 Å². The van der Waals surface area contributed by atoms with Crippen LogP contribution in [0.5, 0.6) is 0 Å². The van der Waals surface area contributed by atoms with Gasteiger partial charge in [-0.1, -0.05) is 12.1 Å². The van der Waals surface area contributed by atoms with Crippen LogP contribution in [-0.2, 0) is 43.2 Å². The Morgan fingerprint density at radius 1 is 0.703 bits per heavy atom. The molecule has 2 rings (SSSR count). The van der Waals surface area contributed by atoms with Crippen LogP contribution in [0.4, 0.5) is 0 Å². The molecule has 0 saturated carbocycles. The fourth-order valence-electron chi connectivity index (χ4n) is 3.24. The molecule has 0 aliphatic heterocycles. The van der Waals surface area contributed by atoms with Crippen LogP contribution in [0.1, 0.15) is 46.5 Å². The number of aliphatic hydroxyl groups excluding tert-OH is 1. The van der Waals surface area contributed by atoms with Crippen molar-refractivity contribution in [2.75, 3.05) is 24.7 Å². The van der Waals surface area contributed by atoms with E-state index in [4.69, 9.17) is 52.9 Å². The van der Waals surface area contributed by atoms with Crippen molar-refractivity contribution in [3.63, 3.8) is 0 Å². The normalized spacial score (nSPS) is 12.1. The molecule has 0 aromatic carbocycles. The molecule has 358 valence electrons. The van der Waals surface area contributed by atoms with Crippen LogP contribution in [0.2, 0.25) is 5.31 Å². The third-order valence-corrected chi connectivity index (χ3v) is 8.34. The molecule has 0 spiro atoms. The number of carbonyl (C=O) groups is 9. The minimum Gasteiger partial charge on any atom is -0.481 e. The third kappa shape index (κ3) is 36.0. The molecule has 0 saturated heterocycles. The van der Waals surface area contributed by atoms with E-state index < -0.39 is 89.6 Å². The number of carboxylic acid groups (broad SMARTS) is 6. The van der Waals surface area contributed by atoms with Crippen LogP contribution in [0.15, 0.2) is 48.8 Å². The number of nitrogens with zero attached hydrogens (tertiary/aromatic N) is 2. The average Bonchev–Trinajstić information content (AvgIpc) is 3.26. The van der Waals surface area contributed by atoms with Gasteiger partial charge in [-0.25, -0.2) is 4.79 Å². The summed E-state index contributed by atoms with van der Waals surface area (Å²) >= 11 is 12.3. The number of pyridine rings is 2. The predicted molar refractivity (Wildman–Crippen MR) is 241 cm³/mol. The summed E-state index contributed by atoms with van der Waals surface area (Å²) < 4.78 is 0. The fourth-order valence-corrected chi connectivity index (χ4v) is 3.93. The summed E-state index contributed by atoms with van der Waals surface area (Å²) in [6.45, 7) is 3.87. The summed E-state index contributed by atoms with van der Waals surface area (Å²) in [7, 11) is 0. The minimum atomic E-state index is -1.21. The van der Waals surface area contributed by atoms with E-state index in [-0.39, 0.29) is 49.6 Å². The SMILES string of the molecule is CC(=O)NC(CS)C(=O)O.CC(C)(B=S)C(N)C(=O)O.NC(CCC(=O)NC(CS)C(=O)CCC(=O)O)C(=O)O.NC(CO)C(=O)O.NCC(=O)O.c1ccc(-c2ccccn2)nc1. The Hall–Kier alpha value is -5.49. The molecule has 0 aliphatic carbocycles. The number of amides is 2. The zero-order valence-corrected chi connectivity index (χ0v) is 37.7. The van der Waals surface area contributed by atoms with E-state index in [1.807, 2.05) is 36.4 Å². The van der Waals surface area contributed by atoms with E-state index in [1.54, 1.807) is 26.2 Å². The van der Waals surface area contributed by atoms with Gasteiger partial charge in [0.25, 0.3) is 0 Å². The molecule has 2 aromatic heterocycles. The standard InChI is InChI=1S/C11H18N2O6S.C10H8N2.C5H10BNO2S.C5H9NO3S.C3H7NO3.C2H5NO2/c12-6(11(18)19)1-3-9(15)13-7(5-20)8(14)2-4-10(16)17;1-3-7-11-9(5-1)10-6-2-4-8-12-10;1-5(2,6-10)3(7)4(8)9;1-3(7)6-4(2-10)5(8)9;4-2(1-5)3(6)7;3-1-2(4)5/h6-7,20H,1-5,12H2,(H,13,15)(H,16,17)(H,18,19);1-8H;3H,7H2,1-2H3,(H,8,9);4,10H,2H2,1H3,(H,6,7)(H,8,9);2,5H,1,4H2,(H,6,7);1,3H2,(H,4,5). The first-order valence-corrected chi connectivity index (χ1v) is 19.9. The maximum atomic E-state index is 11.6. The van der Waals surface area contributed by atoms with Crippen LogP contribution in [-0.4, -0.2) is 160 Å². The van der Waals surface area contributed by atoms with Crippen molar-refractivity contribution in [1.82, 2.24) is 20.6 Å². The Morgan fingerprint density at radius 2 is 1.16 bits per heavy atom. The molecule has 24 nitrogen and oxygen atoms in total. The van der Waals surface area contributed by atoms with Crippen LogP contribution in [0.25, 0.3) is 11.4 Å². The Bertz CT molecular complexity index is 1720. The molecule has 2 aromatic rings. The van der Waals surface area contributed by atoms with Crippen molar-refractivity contribution >= 4 is 96.9 Å². The third-order valence-electron chi connectivity index (χ3n) is 7.00. The second kappa shape index (κ2) is 38.0. The summed E-state index contributed by atoms with van der Waals surface area (Å²) in [5.41, 5.74) is 21.7. The van der Waals surface area contributed by atoms with E-state index in [0.717, 1.165) is 11.4 Å². The van der Waals surface area contributed by atoms with Crippen molar-refractivity contribution in [2.24, 2.45) is 22.9 Å². The van der Waals surface area contributed by atoms with E-state index in [9.17, 15) is 43.2 Å². The molecule has 2 amide bonds. The van der Waals surface area contributed by atoms with Gasteiger partial charge in [0.1, 0.15) is 18.1 Å². The number of hydrogen-bond acceptors (Lipinski definition) is 19. The topological polar surface area (TPSA) is 449 Å². The predicted octanol–water partition coefficient (Wildman–Crippen LogP) is -1.49. The summed E-state index contributed by atoms with van der Waals surface area (Å²) in [5, 5.41) is 61.3. The van der Waals surface area contributed by atoms with Gasteiger partial charge >= 0.3 is 94.9 Å². The first-order chi connectivity index (χ1) is 29.7. The molecule has 0 bridgehead atoms. The number of thiol groups is 2. The number of carbonyl (C=O) groups excluding carboxylic acids is 3. The number of nitrogens with two attached hydrogens (primary N) is 4. The van der Waals surface area contributed by atoms with Gasteiger partial charge in [0.05, 0.1) is 37.0 Å². The van der Waals surface area contributed by atoms with Crippen LogP contribution in [0, 0.1) is 0 Å². The van der Waals surface area contributed by atoms with Crippen LogP contribution >= 0.6 is 37.3 Å². The Balaban J connectivity index is -0.000000356. The maximum absolute atomic E-state index is 11.6. The molecule has 17 N–H and O–H groups in total. The zero-order chi connectivity index (χ0) is 50.6. The molecule has 28 heteroatoms.